The lowest BCUT2D eigenvalue weighted by Crippen LogP contribution is -2.09. The van der Waals surface area contributed by atoms with Crippen LogP contribution in [0, 0.1) is 13.8 Å². The molecule has 0 spiro atoms. The van der Waals surface area contributed by atoms with Crippen molar-refractivity contribution in [1.29, 1.82) is 0 Å². The molecule has 0 aliphatic heterocycles. The molecule has 1 aromatic heterocycles. The molecule has 2 aromatic rings. The van der Waals surface area contributed by atoms with Crippen LogP contribution in [0.15, 0.2) is 35.2 Å². The van der Waals surface area contributed by atoms with E-state index in [1.807, 2.05) is 6.92 Å². The highest BCUT2D eigenvalue weighted by atomic mass is 79.9. The van der Waals surface area contributed by atoms with E-state index in [0.717, 1.165) is 16.0 Å². The molecule has 0 radical (unpaired) electrons. The van der Waals surface area contributed by atoms with Crippen molar-refractivity contribution in [3.8, 4) is 0 Å². The van der Waals surface area contributed by atoms with Crippen molar-refractivity contribution < 1.29 is 0 Å². The van der Waals surface area contributed by atoms with Gasteiger partial charge in [-0.3, -0.25) is 0 Å². The smallest absolute Gasteiger partial charge is 0.133 e. The second kappa shape index (κ2) is 5.48. The predicted octanol–water partition coefficient (Wildman–Crippen LogP) is 4.03. The third-order valence-corrected chi connectivity index (χ3v) is 3.75. The van der Waals surface area contributed by atoms with Gasteiger partial charge in [0.05, 0.1) is 0 Å². The van der Waals surface area contributed by atoms with E-state index in [0.29, 0.717) is 0 Å². The lowest BCUT2D eigenvalue weighted by atomic mass is 10.1. The fourth-order valence-electron chi connectivity index (χ4n) is 1.72. The maximum Gasteiger partial charge on any atom is 0.133 e. The number of nitrogens with zero attached hydrogens (tertiary/aromatic N) is 2. The second-order valence-corrected chi connectivity index (χ2v) is 5.17. The fraction of sp³-hybridized carbons (Fsp3) is 0.286. The van der Waals surface area contributed by atoms with Gasteiger partial charge in [-0.1, -0.05) is 29.8 Å². The van der Waals surface area contributed by atoms with Gasteiger partial charge in [-0.25, -0.2) is 9.97 Å². The molecule has 0 aliphatic carbocycles. The van der Waals surface area contributed by atoms with E-state index in [1.165, 1.54) is 11.1 Å². The number of aryl methyl sites for hydroxylation is 1. The highest BCUT2D eigenvalue weighted by molar-refractivity contribution is 9.10. The van der Waals surface area contributed by atoms with Gasteiger partial charge in [-0.05, 0) is 42.3 Å². The lowest BCUT2D eigenvalue weighted by molar-refractivity contribution is 0.865. The van der Waals surface area contributed by atoms with Crippen molar-refractivity contribution in [3.63, 3.8) is 0 Å². The molecule has 1 heterocycles. The number of hydrogen-bond donors (Lipinski definition) is 1. The van der Waals surface area contributed by atoms with Crippen LogP contribution in [0.4, 0.5) is 5.82 Å². The van der Waals surface area contributed by atoms with Gasteiger partial charge in [0.25, 0.3) is 0 Å². The number of hydrogen-bond acceptors (Lipinski definition) is 3. The lowest BCUT2D eigenvalue weighted by Gasteiger charge is -2.16. The van der Waals surface area contributed by atoms with Crippen LogP contribution in [0.5, 0.6) is 0 Å². The van der Waals surface area contributed by atoms with Crippen LogP contribution in [-0.4, -0.2) is 9.97 Å². The van der Waals surface area contributed by atoms with Crippen molar-refractivity contribution >= 4 is 21.7 Å². The molecule has 2 rings (SSSR count). The molecule has 18 heavy (non-hydrogen) atoms. The first-order valence-corrected chi connectivity index (χ1v) is 6.67. The molecule has 0 saturated carbocycles. The summed E-state index contributed by atoms with van der Waals surface area (Å²) in [5, 5.41) is 3.41. The Hall–Kier alpha value is -1.42. The van der Waals surface area contributed by atoms with E-state index >= 15 is 0 Å². The monoisotopic (exact) mass is 305 g/mol. The minimum atomic E-state index is 0.214. The average molecular weight is 306 g/mol. The maximum atomic E-state index is 4.27. The molecule has 1 N–H and O–H groups in total. The molecule has 3 nitrogen and oxygen atoms in total. The summed E-state index contributed by atoms with van der Waals surface area (Å²) < 4.78 is 0.830. The Balaban J connectivity index is 2.18. The number of halogens is 1. The van der Waals surface area contributed by atoms with Gasteiger partial charge < -0.3 is 5.32 Å². The van der Waals surface area contributed by atoms with Gasteiger partial charge in [-0.15, -0.1) is 0 Å². The van der Waals surface area contributed by atoms with Crippen LogP contribution in [0.3, 0.4) is 0 Å². The third-order valence-electron chi connectivity index (χ3n) is 2.95. The molecule has 0 aliphatic rings. The first kappa shape index (κ1) is 13.0. The van der Waals surface area contributed by atoms with Gasteiger partial charge in [-0.2, -0.15) is 0 Å². The third kappa shape index (κ3) is 2.88. The molecule has 94 valence electrons. The Bertz CT molecular complexity index is 537. The number of nitrogens with one attached hydrogen (secondary N) is 1. The van der Waals surface area contributed by atoms with Crippen LogP contribution in [-0.2, 0) is 0 Å². The van der Waals surface area contributed by atoms with Crippen molar-refractivity contribution in [1.82, 2.24) is 9.97 Å². The van der Waals surface area contributed by atoms with Crippen molar-refractivity contribution in [3.05, 3.63) is 51.9 Å². The predicted molar refractivity (Wildman–Crippen MR) is 77.7 cm³/mol. The summed E-state index contributed by atoms with van der Waals surface area (Å²) in [4.78, 5) is 8.37. The van der Waals surface area contributed by atoms with Crippen LogP contribution in [0.1, 0.15) is 29.7 Å². The van der Waals surface area contributed by atoms with Crippen molar-refractivity contribution in [2.45, 2.75) is 26.8 Å². The average Bonchev–Trinajstić information content (AvgIpc) is 2.36. The van der Waals surface area contributed by atoms with Crippen LogP contribution < -0.4 is 5.32 Å². The van der Waals surface area contributed by atoms with Crippen LogP contribution in [0.25, 0.3) is 0 Å². The Labute approximate surface area is 116 Å². The Morgan fingerprint density at radius 3 is 2.44 bits per heavy atom. The summed E-state index contributed by atoms with van der Waals surface area (Å²) in [6.45, 7) is 6.21. The topological polar surface area (TPSA) is 37.8 Å². The molecule has 1 unspecified atom stereocenters. The largest absolute Gasteiger partial charge is 0.363 e. The van der Waals surface area contributed by atoms with E-state index < -0.39 is 0 Å². The molecule has 0 saturated heterocycles. The van der Waals surface area contributed by atoms with Crippen molar-refractivity contribution in [2.75, 3.05) is 5.32 Å². The minimum absolute atomic E-state index is 0.214. The normalized spacial score (nSPS) is 12.2. The summed E-state index contributed by atoms with van der Waals surface area (Å²) in [7, 11) is 0. The number of aromatic nitrogens is 2. The van der Waals surface area contributed by atoms with Crippen LogP contribution in [0.2, 0.25) is 0 Å². The molecular formula is C14H16BrN3. The first-order valence-electron chi connectivity index (χ1n) is 5.88. The van der Waals surface area contributed by atoms with Gasteiger partial charge >= 0.3 is 0 Å². The van der Waals surface area contributed by atoms with Gasteiger partial charge in [0, 0.05) is 11.6 Å². The number of benzene rings is 1. The van der Waals surface area contributed by atoms with Crippen LogP contribution >= 0.6 is 15.9 Å². The van der Waals surface area contributed by atoms with E-state index in [4.69, 9.17) is 0 Å². The molecular weight excluding hydrogens is 290 g/mol. The number of rotatable bonds is 3. The fourth-order valence-corrected chi connectivity index (χ4v) is 2.00. The first-order chi connectivity index (χ1) is 8.58. The molecule has 0 amide bonds. The molecule has 1 aromatic carbocycles. The summed E-state index contributed by atoms with van der Waals surface area (Å²) in [6.07, 6.45) is 1.56. The Morgan fingerprint density at radius 1 is 1.11 bits per heavy atom. The number of anilines is 1. The maximum absolute atomic E-state index is 4.27. The molecule has 0 bridgehead atoms. The van der Waals surface area contributed by atoms with E-state index in [-0.39, 0.29) is 6.04 Å². The van der Waals surface area contributed by atoms with Gasteiger partial charge in [0.1, 0.15) is 16.7 Å². The SMILES string of the molecule is Cc1ccc(C(C)Nc2ncnc(Br)c2C)cc1. The molecule has 4 heteroatoms. The molecule has 1 atom stereocenters. The zero-order valence-electron chi connectivity index (χ0n) is 10.7. The van der Waals surface area contributed by atoms with E-state index in [9.17, 15) is 0 Å². The quantitative estimate of drug-likeness (QED) is 0.870. The Kier molecular flexibility index (Phi) is 3.97. The van der Waals surface area contributed by atoms with Gasteiger partial charge in [0.15, 0.2) is 0 Å². The van der Waals surface area contributed by atoms with E-state index in [1.54, 1.807) is 6.33 Å². The standard InChI is InChI=1S/C14H16BrN3/c1-9-4-6-12(7-5-9)11(3)18-14-10(2)13(15)16-8-17-14/h4-8,11H,1-3H3,(H,16,17,18). The minimum Gasteiger partial charge on any atom is -0.363 e. The highest BCUT2D eigenvalue weighted by Crippen LogP contribution is 2.23. The summed E-state index contributed by atoms with van der Waals surface area (Å²) in [5.41, 5.74) is 3.54. The van der Waals surface area contributed by atoms with Crippen molar-refractivity contribution in [2.24, 2.45) is 0 Å². The summed E-state index contributed by atoms with van der Waals surface area (Å²) in [6, 6.07) is 8.73. The van der Waals surface area contributed by atoms with Gasteiger partial charge in [0.2, 0.25) is 0 Å². The Morgan fingerprint density at radius 2 is 1.78 bits per heavy atom. The summed E-state index contributed by atoms with van der Waals surface area (Å²) in [5.74, 6) is 0.866. The second-order valence-electron chi connectivity index (χ2n) is 4.41. The summed E-state index contributed by atoms with van der Waals surface area (Å²) >= 11 is 3.41. The highest BCUT2D eigenvalue weighted by Gasteiger charge is 2.09. The zero-order chi connectivity index (χ0) is 13.1. The van der Waals surface area contributed by atoms with E-state index in [2.05, 4.69) is 69.3 Å². The molecule has 0 fully saturated rings. The zero-order valence-corrected chi connectivity index (χ0v) is 12.3.